The number of carbonyl (C=O) groups excluding carboxylic acids is 2. The molecular formula is C25H26N4O2. The Balaban J connectivity index is 1.51. The first-order valence-electron chi connectivity index (χ1n) is 10.9. The fourth-order valence-electron chi connectivity index (χ4n) is 4.49. The molecule has 2 aliphatic rings. The van der Waals surface area contributed by atoms with Gasteiger partial charge in [0.25, 0.3) is 5.91 Å². The maximum atomic E-state index is 13.5. The summed E-state index contributed by atoms with van der Waals surface area (Å²) < 4.78 is 1.88. The zero-order valence-electron chi connectivity index (χ0n) is 17.5. The van der Waals surface area contributed by atoms with E-state index in [1.165, 1.54) is 0 Å². The highest BCUT2D eigenvalue weighted by atomic mass is 16.2. The Labute approximate surface area is 182 Å². The second-order valence-corrected chi connectivity index (χ2v) is 8.18. The van der Waals surface area contributed by atoms with Gasteiger partial charge in [0.05, 0.1) is 11.4 Å². The number of likely N-dealkylation sites (tertiary alicyclic amines) is 1. The zero-order chi connectivity index (χ0) is 21.2. The van der Waals surface area contributed by atoms with E-state index in [1.807, 2.05) is 75.3 Å². The van der Waals surface area contributed by atoms with E-state index in [-0.39, 0.29) is 18.5 Å². The average molecular weight is 415 g/mol. The molecule has 0 radical (unpaired) electrons. The third-order valence-electron chi connectivity index (χ3n) is 6.10. The number of para-hydroxylation sites is 1. The molecule has 158 valence electrons. The molecule has 1 aromatic heterocycles. The van der Waals surface area contributed by atoms with Crippen LogP contribution in [-0.4, -0.2) is 34.5 Å². The average Bonchev–Trinajstić information content (AvgIpc) is 3.46. The summed E-state index contributed by atoms with van der Waals surface area (Å²) in [6.07, 6.45) is 7.62. The summed E-state index contributed by atoms with van der Waals surface area (Å²) in [6.45, 7) is 1.85. The molecule has 6 nitrogen and oxygen atoms in total. The molecule has 6 heteroatoms. The highest BCUT2D eigenvalue weighted by Gasteiger charge is 2.27. The summed E-state index contributed by atoms with van der Waals surface area (Å²) in [5.74, 6) is -0.00480. The number of hydrogen-bond donors (Lipinski definition) is 1. The van der Waals surface area contributed by atoms with Crippen molar-refractivity contribution < 1.29 is 9.59 Å². The number of rotatable bonds is 3. The van der Waals surface area contributed by atoms with Gasteiger partial charge in [0.2, 0.25) is 0 Å². The molecule has 2 aromatic carbocycles. The number of fused-ring (bicyclic) bond motifs is 2. The quantitative estimate of drug-likeness (QED) is 0.682. The molecule has 0 bridgehead atoms. The number of carbonyl (C=O) groups is 2. The number of amides is 3. The van der Waals surface area contributed by atoms with Gasteiger partial charge in [-0.1, -0.05) is 24.3 Å². The van der Waals surface area contributed by atoms with Crippen molar-refractivity contribution in [1.82, 2.24) is 9.47 Å². The van der Waals surface area contributed by atoms with E-state index in [0.717, 1.165) is 61.3 Å². The van der Waals surface area contributed by atoms with Gasteiger partial charge in [-0.25, -0.2) is 4.79 Å². The van der Waals surface area contributed by atoms with Gasteiger partial charge in [0, 0.05) is 31.2 Å². The molecule has 1 fully saturated rings. The Morgan fingerprint density at radius 2 is 1.55 bits per heavy atom. The van der Waals surface area contributed by atoms with Crippen LogP contribution in [0.3, 0.4) is 0 Å². The maximum Gasteiger partial charge on any atom is 0.321 e. The molecule has 3 amide bonds. The Morgan fingerprint density at radius 3 is 2.32 bits per heavy atom. The van der Waals surface area contributed by atoms with Crippen LogP contribution >= 0.6 is 0 Å². The Morgan fingerprint density at radius 1 is 0.839 bits per heavy atom. The fourth-order valence-corrected chi connectivity index (χ4v) is 4.49. The van der Waals surface area contributed by atoms with Crippen molar-refractivity contribution in [3.8, 4) is 0 Å². The molecule has 5 rings (SSSR count). The SMILES string of the molecule is O=C(Nc1ccc2c(c1)N(C(=O)Cn1cccc1)c1ccccc1CC2)N1CCCC1. The number of aryl methyl sites for hydroxylation is 2. The van der Waals surface area contributed by atoms with Crippen LogP contribution in [0.2, 0.25) is 0 Å². The highest BCUT2D eigenvalue weighted by Crippen LogP contribution is 2.38. The fraction of sp³-hybridized carbons (Fsp3) is 0.280. The van der Waals surface area contributed by atoms with Gasteiger partial charge in [-0.15, -0.1) is 0 Å². The summed E-state index contributed by atoms with van der Waals surface area (Å²) >= 11 is 0. The minimum atomic E-state index is -0.0725. The van der Waals surface area contributed by atoms with Gasteiger partial charge < -0.3 is 14.8 Å². The standard InChI is InChI=1S/C25H26N4O2/c30-24(18-27-13-3-4-14-27)29-22-8-2-1-7-19(22)9-10-20-11-12-21(17-23(20)29)26-25(31)28-15-5-6-16-28/h1-4,7-8,11-14,17H,5-6,9-10,15-16,18H2,(H,26,31). The lowest BCUT2D eigenvalue weighted by Gasteiger charge is -2.26. The second-order valence-electron chi connectivity index (χ2n) is 8.18. The van der Waals surface area contributed by atoms with Crippen LogP contribution < -0.4 is 10.2 Å². The van der Waals surface area contributed by atoms with Crippen molar-refractivity contribution in [2.24, 2.45) is 0 Å². The van der Waals surface area contributed by atoms with Crippen LogP contribution in [0.25, 0.3) is 0 Å². The van der Waals surface area contributed by atoms with E-state index in [2.05, 4.69) is 11.4 Å². The number of nitrogens with zero attached hydrogens (tertiary/aromatic N) is 3. The zero-order valence-corrected chi connectivity index (χ0v) is 17.5. The van der Waals surface area contributed by atoms with Crippen LogP contribution in [0, 0.1) is 0 Å². The number of benzene rings is 2. The lowest BCUT2D eigenvalue weighted by atomic mass is 10.0. The van der Waals surface area contributed by atoms with E-state index in [0.29, 0.717) is 5.69 Å². The van der Waals surface area contributed by atoms with E-state index >= 15 is 0 Å². The lowest BCUT2D eigenvalue weighted by Crippen LogP contribution is -2.32. The molecule has 1 saturated heterocycles. The van der Waals surface area contributed by atoms with Crippen LogP contribution in [0.15, 0.2) is 67.0 Å². The molecule has 0 unspecified atom stereocenters. The number of urea groups is 1. The van der Waals surface area contributed by atoms with Gasteiger partial charge in [0.1, 0.15) is 6.54 Å². The number of anilines is 3. The van der Waals surface area contributed by atoms with E-state index in [9.17, 15) is 9.59 Å². The first kappa shape index (κ1) is 19.4. The number of hydrogen-bond acceptors (Lipinski definition) is 2. The third-order valence-corrected chi connectivity index (χ3v) is 6.10. The summed E-state index contributed by atoms with van der Waals surface area (Å²) in [6, 6.07) is 17.8. The third kappa shape index (κ3) is 3.93. The number of nitrogens with one attached hydrogen (secondary N) is 1. The molecular weight excluding hydrogens is 388 g/mol. The lowest BCUT2D eigenvalue weighted by molar-refractivity contribution is -0.118. The van der Waals surface area contributed by atoms with Crippen LogP contribution in [0.4, 0.5) is 21.9 Å². The predicted octanol–water partition coefficient (Wildman–Crippen LogP) is 4.58. The molecule has 3 aromatic rings. The Hall–Kier alpha value is -3.54. The molecule has 1 N–H and O–H groups in total. The molecule has 0 spiro atoms. The van der Waals surface area contributed by atoms with Crippen LogP contribution in [0.1, 0.15) is 24.0 Å². The molecule has 0 saturated carbocycles. The maximum absolute atomic E-state index is 13.5. The molecule has 2 aliphatic heterocycles. The molecule has 0 atom stereocenters. The smallest absolute Gasteiger partial charge is 0.321 e. The number of aromatic nitrogens is 1. The van der Waals surface area contributed by atoms with Crippen molar-refractivity contribution in [2.75, 3.05) is 23.3 Å². The van der Waals surface area contributed by atoms with E-state index < -0.39 is 0 Å². The molecule has 31 heavy (non-hydrogen) atoms. The van der Waals surface area contributed by atoms with Gasteiger partial charge in [-0.05, 0) is 67.1 Å². The van der Waals surface area contributed by atoms with Gasteiger partial charge in [-0.3, -0.25) is 9.69 Å². The van der Waals surface area contributed by atoms with Gasteiger partial charge >= 0.3 is 6.03 Å². The summed E-state index contributed by atoms with van der Waals surface area (Å²) in [5.41, 5.74) is 4.75. The largest absolute Gasteiger partial charge is 0.345 e. The second kappa shape index (κ2) is 8.30. The Bertz CT molecular complexity index is 1100. The first-order chi connectivity index (χ1) is 15.2. The highest BCUT2D eigenvalue weighted by molar-refractivity contribution is 6.03. The van der Waals surface area contributed by atoms with Crippen molar-refractivity contribution in [2.45, 2.75) is 32.2 Å². The van der Waals surface area contributed by atoms with Crippen molar-refractivity contribution >= 4 is 29.0 Å². The summed E-state index contributed by atoms with van der Waals surface area (Å²) in [7, 11) is 0. The van der Waals surface area contributed by atoms with Crippen LogP contribution in [0.5, 0.6) is 0 Å². The van der Waals surface area contributed by atoms with Gasteiger partial charge in [0.15, 0.2) is 0 Å². The first-order valence-corrected chi connectivity index (χ1v) is 10.9. The summed E-state index contributed by atoms with van der Waals surface area (Å²) in [5, 5.41) is 3.03. The molecule has 3 heterocycles. The minimum Gasteiger partial charge on any atom is -0.345 e. The minimum absolute atomic E-state index is 0.00480. The monoisotopic (exact) mass is 414 g/mol. The van der Waals surface area contributed by atoms with E-state index in [4.69, 9.17) is 0 Å². The topological polar surface area (TPSA) is 57.6 Å². The normalized spacial score (nSPS) is 15.2. The van der Waals surface area contributed by atoms with Crippen molar-refractivity contribution in [3.05, 3.63) is 78.1 Å². The van der Waals surface area contributed by atoms with Gasteiger partial charge in [-0.2, -0.15) is 0 Å². The van der Waals surface area contributed by atoms with Crippen molar-refractivity contribution in [1.29, 1.82) is 0 Å². The summed E-state index contributed by atoms with van der Waals surface area (Å²) in [4.78, 5) is 29.8. The van der Waals surface area contributed by atoms with Crippen molar-refractivity contribution in [3.63, 3.8) is 0 Å². The predicted molar refractivity (Wildman–Crippen MR) is 122 cm³/mol. The van der Waals surface area contributed by atoms with E-state index in [1.54, 1.807) is 0 Å². The van der Waals surface area contributed by atoms with Crippen LogP contribution in [-0.2, 0) is 24.2 Å². The Kier molecular flexibility index (Phi) is 5.20. The molecule has 0 aliphatic carbocycles.